The Morgan fingerprint density at radius 1 is 1.19 bits per heavy atom. The molecule has 1 aromatic carbocycles. The van der Waals surface area contributed by atoms with Crippen molar-refractivity contribution in [1.82, 2.24) is 4.90 Å². The quantitative estimate of drug-likeness (QED) is 0.668. The number of alkyl halides is 3. The minimum Gasteiger partial charge on any atom is -0.491 e. The lowest BCUT2D eigenvalue weighted by Gasteiger charge is -2.46. The number of methoxy groups -OCH3 is 2. The second-order valence-electron chi connectivity index (χ2n) is 8.94. The van der Waals surface area contributed by atoms with E-state index in [2.05, 4.69) is 0 Å². The summed E-state index contributed by atoms with van der Waals surface area (Å²) in [6.45, 7) is -0.670. The first kappa shape index (κ1) is 22.9. The van der Waals surface area contributed by atoms with E-state index in [0.717, 1.165) is 18.4 Å². The molecule has 2 N–H and O–H groups in total. The first-order valence-corrected chi connectivity index (χ1v) is 10.8. The average Bonchev–Trinajstić information content (AvgIpc) is 3.15. The monoisotopic (exact) mass is 454 g/mol. The van der Waals surface area contributed by atoms with Gasteiger partial charge in [0, 0.05) is 14.2 Å². The number of benzene rings is 1. The largest absolute Gasteiger partial charge is 0.491 e. The topological polar surface area (TPSA) is 74.0 Å². The van der Waals surface area contributed by atoms with Crippen molar-refractivity contribution in [3.63, 3.8) is 0 Å². The van der Waals surface area contributed by atoms with Gasteiger partial charge in [0.05, 0.1) is 12.7 Å². The average molecular weight is 454 g/mol. The van der Waals surface area contributed by atoms with E-state index in [9.17, 15) is 18.0 Å². The Kier molecular flexibility index (Phi) is 5.92. The highest BCUT2D eigenvalue weighted by Gasteiger charge is 2.65. The number of nitrogens with zero attached hydrogens (tertiary/aromatic N) is 1. The van der Waals surface area contributed by atoms with Crippen molar-refractivity contribution in [2.24, 2.45) is 11.1 Å². The van der Waals surface area contributed by atoms with Gasteiger partial charge in [0.2, 0.25) is 5.91 Å². The van der Waals surface area contributed by atoms with Gasteiger partial charge in [-0.05, 0) is 66.9 Å². The molecule has 1 amide bonds. The van der Waals surface area contributed by atoms with Crippen LogP contribution in [0.5, 0.6) is 5.75 Å². The summed E-state index contributed by atoms with van der Waals surface area (Å²) in [6.07, 6.45) is 0.509. The van der Waals surface area contributed by atoms with Crippen LogP contribution in [0, 0.1) is 5.41 Å². The van der Waals surface area contributed by atoms with Crippen LogP contribution < -0.4 is 10.5 Å². The highest BCUT2D eigenvalue weighted by molar-refractivity contribution is 5.97. The van der Waals surface area contributed by atoms with Gasteiger partial charge in [-0.1, -0.05) is 6.07 Å². The number of amides is 1. The zero-order valence-corrected chi connectivity index (χ0v) is 18.3. The maximum Gasteiger partial charge on any atom is 0.406 e. The number of hydrogen-bond donors (Lipinski definition) is 1. The fourth-order valence-electron chi connectivity index (χ4n) is 5.76. The van der Waals surface area contributed by atoms with Crippen molar-refractivity contribution >= 4 is 5.91 Å². The number of carbonyl (C=O) groups excluding carboxylic acids is 1. The summed E-state index contributed by atoms with van der Waals surface area (Å²) in [6, 6.07) is 5.54. The Morgan fingerprint density at radius 3 is 2.53 bits per heavy atom. The molecule has 32 heavy (non-hydrogen) atoms. The SMILES string of the molecule is COCCOc1ccc2c(c1)C1(C=C(N)N(CC(F)(F)F)C1=O)C1(CCC(OC)CC1)C2. The van der Waals surface area contributed by atoms with E-state index in [1.54, 1.807) is 26.4 Å². The standard InChI is InChI=1S/C23H29F3N2O4/c1-30-9-10-32-17-4-3-15-12-21(7-5-16(31-2)6-8-21)22(18(15)11-17)13-19(27)28(20(22)29)14-23(24,25)26/h3-4,11,13,16H,5-10,12,14,27H2,1-2H3. The van der Waals surface area contributed by atoms with Gasteiger partial charge in [-0.15, -0.1) is 0 Å². The number of fused-ring (bicyclic) bond motifs is 3. The van der Waals surface area contributed by atoms with E-state index < -0.39 is 29.5 Å². The first-order chi connectivity index (χ1) is 15.2. The van der Waals surface area contributed by atoms with E-state index in [-0.39, 0.29) is 11.9 Å². The minimum absolute atomic E-state index is 0.0819. The molecule has 2 aliphatic carbocycles. The van der Waals surface area contributed by atoms with Crippen LogP contribution >= 0.6 is 0 Å². The van der Waals surface area contributed by atoms with Gasteiger partial charge in [0.1, 0.15) is 30.1 Å². The Balaban J connectivity index is 1.78. The molecule has 6 nitrogen and oxygen atoms in total. The molecule has 0 saturated heterocycles. The lowest BCUT2D eigenvalue weighted by atomic mass is 9.57. The van der Waals surface area contributed by atoms with Crippen LogP contribution in [0.4, 0.5) is 13.2 Å². The summed E-state index contributed by atoms with van der Waals surface area (Å²) < 4.78 is 56.1. The van der Waals surface area contributed by atoms with Gasteiger partial charge in [-0.25, -0.2) is 0 Å². The minimum atomic E-state index is -4.55. The Morgan fingerprint density at radius 2 is 1.91 bits per heavy atom. The van der Waals surface area contributed by atoms with Crippen molar-refractivity contribution in [3.05, 3.63) is 41.2 Å². The number of hydrogen-bond acceptors (Lipinski definition) is 5. The molecule has 1 saturated carbocycles. The molecule has 1 unspecified atom stereocenters. The van der Waals surface area contributed by atoms with Crippen molar-refractivity contribution in [2.45, 2.75) is 49.8 Å². The molecule has 1 aliphatic heterocycles. The van der Waals surface area contributed by atoms with Crippen LogP contribution in [0.15, 0.2) is 30.1 Å². The van der Waals surface area contributed by atoms with Gasteiger partial charge in [0.15, 0.2) is 0 Å². The zero-order valence-electron chi connectivity index (χ0n) is 18.3. The van der Waals surface area contributed by atoms with Gasteiger partial charge >= 0.3 is 6.18 Å². The summed E-state index contributed by atoms with van der Waals surface area (Å²) in [4.78, 5) is 14.5. The predicted octanol–water partition coefficient (Wildman–Crippen LogP) is 3.29. The third kappa shape index (κ3) is 3.65. The Hall–Kier alpha value is -2.26. The van der Waals surface area contributed by atoms with Crippen LogP contribution in [0.25, 0.3) is 0 Å². The van der Waals surface area contributed by atoms with Crippen molar-refractivity contribution < 1.29 is 32.2 Å². The molecule has 0 aromatic heterocycles. The maximum absolute atomic E-state index is 13.8. The molecule has 2 spiro atoms. The van der Waals surface area contributed by atoms with Crippen LogP contribution in [-0.4, -0.2) is 57.1 Å². The molecule has 1 heterocycles. The smallest absolute Gasteiger partial charge is 0.406 e. The summed E-state index contributed by atoms with van der Waals surface area (Å²) in [5, 5.41) is 0. The second-order valence-corrected chi connectivity index (χ2v) is 8.94. The molecule has 1 atom stereocenters. The lowest BCUT2D eigenvalue weighted by Crippen LogP contribution is -2.52. The van der Waals surface area contributed by atoms with E-state index in [4.69, 9.17) is 19.9 Å². The van der Waals surface area contributed by atoms with Crippen molar-refractivity contribution in [2.75, 3.05) is 34.0 Å². The third-order valence-electron chi connectivity index (χ3n) is 7.25. The lowest BCUT2D eigenvalue weighted by molar-refractivity contribution is -0.160. The summed E-state index contributed by atoms with van der Waals surface area (Å²) in [5.41, 5.74) is 5.92. The van der Waals surface area contributed by atoms with Crippen LogP contribution in [0.2, 0.25) is 0 Å². The highest BCUT2D eigenvalue weighted by Crippen LogP contribution is 2.62. The fourth-order valence-corrected chi connectivity index (χ4v) is 5.76. The van der Waals surface area contributed by atoms with Gasteiger partial charge in [-0.3, -0.25) is 9.69 Å². The van der Waals surface area contributed by atoms with Crippen LogP contribution in [0.3, 0.4) is 0 Å². The van der Waals surface area contributed by atoms with Gasteiger partial charge < -0.3 is 19.9 Å². The molecule has 1 aromatic rings. The number of rotatable bonds is 6. The molecular weight excluding hydrogens is 425 g/mol. The molecule has 4 rings (SSSR count). The third-order valence-corrected chi connectivity index (χ3v) is 7.25. The summed E-state index contributed by atoms with van der Waals surface area (Å²) >= 11 is 0. The van der Waals surface area contributed by atoms with E-state index >= 15 is 0 Å². The van der Waals surface area contributed by atoms with Gasteiger partial charge in [0.25, 0.3) is 0 Å². The van der Waals surface area contributed by atoms with E-state index in [1.165, 1.54) is 0 Å². The van der Waals surface area contributed by atoms with Crippen LogP contribution in [0.1, 0.15) is 36.8 Å². The fraction of sp³-hybridized carbons (Fsp3) is 0.609. The summed E-state index contributed by atoms with van der Waals surface area (Å²) in [7, 11) is 3.23. The molecule has 0 radical (unpaired) electrons. The molecule has 3 aliphatic rings. The first-order valence-electron chi connectivity index (χ1n) is 10.8. The molecule has 9 heteroatoms. The number of carbonyl (C=O) groups is 1. The number of ether oxygens (including phenoxy) is 3. The molecular formula is C23H29F3N2O4. The summed E-state index contributed by atoms with van der Waals surface area (Å²) in [5.74, 6) is -0.188. The zero-order chi connectivity index (χ0) is 23.1. The number of nitrogens with two attached hydrogens (primary N) is 1. The van der Waals surface area contributed by atoms with E-state index in [1.807, 2.05) is 12.1 Å². The Labute approximate surface area is 185 Å². The van der Waals surface area contributed by atoms with Crippen molar-refractivity contribution in [1.29, 1.82) is 0 Å². The maximum atomic E-state index is 13.8. The molecule has 176 valence electrons. The second kappa shape index (κ2) is 8.26. The molecule has 1 fully saturated rings. The van der Waals surface area contributed by atoms with Crippen molar-refractivity contribution in [3.8, 4) is 5.75 Å². The van der Waals surface area contributed by atoms with Gasteiger partial charge in [-0.2, -0.15) is 13.2 Å². The number of halogens is 3. The highest BCUT2D eigenvalue weighted by atomic mass is 19.4. The van der Waals surface area contributed by atoms with E-state index in [0.29, 0.717) is 48.7 Å². The van der Waals surface area contributed by atoms with Crippen LogP contribution in [-0.2, 0) is 26.1 Å². The predicted molar refractivity (Wildman–Crippen MR) is 111 cm³/mol. The molecule has 0 bridgehead atoms. The Bertz CT molecular complexity index is 909. The normalized spacial score (nSPS) is 29.7.